The smallest absolute Gasteiger partial charge is 0.445 e. The first kappa shape index (κ1) is 37.6. The number of nitrogens with zero attached hydrogens (tertiary/aromatic N) is 1. The van der Waals surface area contributed by atoms with E-state index in [1.54, 1.807) is 60.7 Å². The molecule has 0 spiro atoms. The van der Waals surface area contributed by atoms with Gasteiger partial charge in [0.15, 0.2) is 5.78 Å². The second kappa shape index (κ2) is 17.5. The van der Waals surface area contributed by atoms with Gasteiger partial charge in [-0.3, -0.25) is 14.4 Å². The molecule has 52 heavy (non-hydrogen) atoms. The molecule has 0 aliphatic carbocycles. The summed E-state index contributed by atoms with van der Waals surface area (Å²) in [5.74, 6) is -1.74. The van der Waals surface area contributed by atoms with E-state index in [4.69, 9.17) is 19.5 Å². The molecule has 0 saturated heterocycles. The van der Waals surface area contributed by atoms with E-state index in [0.717, 1.165) is 11.1 Å². The van der Waals surface area contributed by atoms with Crippen molar-refractivity contribution in [3.05, 3.63) is 120 Å². The van der Waals surface area contributed by atoms with Crippen LogP contribution in [0.2, 0.25) is 0 Å². The van der Waals surface area contributed by atoms with Crippen molar-refractivity contribution >= 4 is 42.8 Å². The lowest BCUT2D eigenvalue weighted by Gasteiger charge is -2.33. The summed E-state index contributed by atoms with van der Waals surface area (Å²) >= 11 is 0. The standard InChI is InChI=1S/C38H42N5O8P/c1-26(44)41-30-15-19-32(20-16-30)50-52(48,51-33-21-17-31(18-22-33)42-27(2)45)37-34-13-7-6-12-29(34)24-43(37)36(46)35(39)14-8-9-23-40-38(47)49-25-28-10-4-3-5-11-28/h3-7,10-13,15-22,35,37H,8-9,14,23-25,39H2,1-2H3,(H,40,47)(H,41,44)(H,42,45)/t35-,37?/m0/s1. The normalized spacial score (nSPS) is 14.1. The quantitative estimate of drug-likeness (QED) is 0.0764. The predicted molar refractivity (Wildman–Crippen MR) is 197 cm³/mol. The van der Waals surface area contributed by atoms with Crippen LogP contribution in [0, 0.1) is 0 Å². The highest BCUT2D eigenvalue weighted by Crippen LogP contribution is 2.64. The first-order chi connectivity index (χ1) is 25.0. The summed E-state index contributed by atoms with van der Waals surface area (Å²) in [4.78, 5) is 50.7. The summed E-state index contributed by atoms with van der Waals surface area (Å²) in [6.45, 7) is 3.40. The molecule has 1 unspecified atom stereocenters. The molecule has 0 radical (unpaired) electrons. The number of anilines is 2. The van der Waals surface area contributed by atoms with Gasteiger partial charge in [-0.15, -0.1) is 0 Å². The number of fused-ring (bicyclic) bond motifs is 1. The van der Waals surface area contributed by atoms with Gasteiger partial charge >= 0.3 is 13.7 Å². The van der Waals surface area contributed by atoms with Crippen molar-refractivity contribution in [3.8, 4) is 11.5 Å². The lowest BCUT2D eigenvalue weighted by atomic mass is 10.1. The van der Waals surface area contributed by atoms with Crippen LogP contribution in [0.5, 0.6) is 11.5 Å². The third kappa shape index (κ3) is 10.2. The number of hydrogen-bond donors (Lipinski definition) is 4. The second-order valence-electron chi connectivity index (χ2n) is 12.3. The third-order valence-corrected chi connectivity index (χ3v) is 10.2. The molecule has 0 aromatic heterocycles. The minimum atomic E-state index is -4.34. The Morgan fingerprint density at radius 2 is 1.35 bits per heavy atom. The Hall–Kier alpha value is -5.65. The van der Waals surface area contributed by atoms with E-state index >= 15 is 4.57 Å². The van der Waals surface area contributed by atoms with Gasteiger partial charge in [-0.1, -0.05) is 54.6 Å². The zero-order valence-corrected chi connectivity index (χ0v) is 29.8. The van der Waals surface area contributed by atoms with Crippen LogP contribution in [0.25, 0.3) is 0 Å². The number of carbonyl (C=O) groups excluding carboxylic acids is 4. The van der Waals surface area contributed by atoms with Crippen molar-refractivity contribution in [1.82, 2.24) is 10.2 Å². The van der Waals surface area contributed by atoms with Crippen LogP contribution < -0.4 is 30.7 Å². The van der Waals surface area contributed by atoms with Crippen molar-refractivity contribution in [2.75, 3.05) is 17.2 Å². The van der Waals surface area contributed by atoms with Crippen molar-refractivity contribution in [2.45, 2.75) is 58.1 Å². The molecule has 5 N–H and O–H groups in total. The first-order valence-corrected chi connectivity index (χ1v) is 18.4. The van der Waals surface area contributed by atoms with Crippen LogP contribution >= 0.6 is 7.60 Å². The lowest BCUT2D eigenvalue weighted by molar-refractivity contribution is -0.134. The van der Waals surface area contributed by atoms with Gasteiger partial charge < -0.3 is 40.4 Å². The summed E-state index contributed by atoms with van der Waals surface area (Å²) in [5, 5.41) is 8.07. The number of nitrogens with two attached hydrogens (primary N) is 1. The summed E-state index contributed by atoms with van der Waals surface area (Å²) in [6.07, 6.45) is 0.856. The molecular formula is C38H42N5O8P. The van der Waals surface area contributed by atoms with Crippen LogP contribution in [0.1, 0.15) is 55.6 Å². The zero-order chi connectivity index (χ0) is 37.1. The SMILES string of the molecule is CC(=O)Nc1ccc(OP(=O)(Oc2ccc(NC(C)=O)cc2)C2c3ccccc3CN2C(=O)[C@@H](N)CCCCNC(=O)OCc2ccccc2)cc1. The van der Waals surface area contributed by atoms with E-state index in [9.17, 15) is 19.2 Å². The molecule has 4 aromatic carbocycles. The predicted octanol–water partition coefficient (Wildman–Crippen LogP) is 6.72. The molecule has 5 rings (SSSR count). The van der Waals surface area contributed by atoms with E-state index in [-0.39, 0.29) is 36.5 Å². The number of nitrogens with one attached hydrogen (secondary N) is 3. The van der Waals surface area contributed by atoms with Crippen molar-refractivity contribution in [3.63, 3.8) is 0 Å². The summed E-state index contributed by atoms with van der Waals surface area (Å²) < 4.78 is 32.9. The largest absolute Gasteiger partial charge is 0.457 e. The van der Waals surface area contributed by atoms with E-state index in [1.807, 2.05) is 42.5 Å². The van der Waals surface area contributed by atoms with E-state index < -0.39 is 31.4 Å². The fourth-order valence-electron chi connectivity index (χ4n) is 5.71. The Balaban J connectivity index is 1.31. The minimum Gasteiger partial charge on any atom is -0.445 e. The van der Waals surface area contributed by atoms with Crippen LogP contribution in [-0.4, -0.2) is 41.3 Å². The Morgan fingerprint density at radius 3 is 1.92 bits per heavy atom. The molecule has 4 aromatic rings. The average Bonchev–Trinajstić information content (AvgIpc) is 3.52. The maximum atomic E-state index is 15.2. The van der Waals surface area contributed by atoms with Crippen LogP contribution in [-0.2, 0) is 36.8 Å². The van der Waals surface area contributed by atoms with Crippen LogP contribution in [0.15, 0.2) is 103 Å². The highest BCUT2D eigenvalue weighted by Gasteiger charge is 2.51. The molecule has 1 heterocycles. The van der Waals surface area contributed by atoms with Crippen molar-refractivity contribution < 1.29 is 37.5 Å². The lowest BCUT2D eigenvalue weighted by Crippen LogP contribution is -2.43. The van der Waals surface area contributed by atoms with Gasteiger partial charge in [0.25, 0.3) is 0 Å². The second-order valence-corrected chi connectivity index (χ2v) is 14.2. The number of alkyl carbamates (subject to hydrolysis) is 1. The third-order valence-electron chi connectivity index (χ3n) is 8.11. The van der Waals surface area contributed by atoms with Gasteiger partial charge in [-0.25, -0.2) is 9.36 Å². The van der Waals surface area contributed by atoms with Crippen molar-refractivity contribution in [2.24, 2.45) is 5.73 Å². The molecule has 2 atom stereocenters. The molecular weight excluding hydrogens is 685 g/mol. The average molecular weight is 728 g/mol. The summed E-state index contributed by atoms with van der Waals surface area (Å²) in [7, 11) is -4.34. The number of benzene rings is 4. The van der Waals surface area contributed by atoms with E-state index in [2.05, 4.69) is 16.0 Å². The van der Waals surface area contributed by atoms with Gasteiger partial charge in [-0.05, 0) is 84.5 Å². The number of hydrogen-bond acceptors (Lipinski definition) is 9. The number of rotatable bonds is 15. The molecule has 0 bridgehead atoms. The van der Waals surface area contributed by atoms with Gasteiger partial charge in [0.2, 0.25) is 17.7 Å². The molecule has 1 aliphatic rings. The van der Waals surface area contributed by atoms with Gasteiger partial charge in [0, 0.05) is 38.3 Å². The Labute approximate surface area is 302 Å². The Kier molecular flexibility index (Phi) is 12.7. The highest BCUT2D eigenvalue weighted by molar-refractivity contribution is 7.55. The number of amides is 4. The van der Waals surface area contributed by atoms with E-state index in [1.165, 1.54) is 18.7 Å². The number of carbonyl (C=O) groups is 4. The monoisotopic (exact) mass is 727 g/mol. The fourth-order valence-corrected chi connectivity index (χ4v) is 7.91. The molecule has 4 amide bonds. The zero-order valence-electron chi connectivity index (χ0n) is 29.0. The number of ether oxygens (including phenoxy) is 1. The molecule has 1 aliphatic heterocycles. The fraction of sp³-hybridized carbons (Fsp3) is 0.263. The van der Waals surface area contributed by atoms with Gasteiger partial charge in [-0.2, -0.15) is 0 Å². The molecule has 14 heteroatoms. The molecule has 0 saturated carbocycles. The Morgan fingerprint density at radius 1 is 0.788 bits per heavy atom. The van der Waals surface area contributed by atoms with Gasteiger partial charge in [0.05, 0.1) is 6.04 Å². The molecule has 272 valence electrons. The van der Waals surface area contributed by atoms with Crippen LogP contribution in [0.4, 0.5) is 16.2 Å². The van der Waals surface area contributed by atoms with Crippen LogP contribution in [0.3, 0.4) is 0 Å². The number of unbranched alkanes of at least 4 members (excludes halogenated alkanes) is 1. The molecule has 13 nitrogen and oxygen atoms in total. The topological polar surface area (TPSA) is 178 Å². The summed E-state index contributed by atoms with van der Waals surface area (Å²) in [6, 6.07) is 28.2. The maximum absolute atomic E-state index is 15.2. The first-order valence-electron chi connectivity index (χ1n) is 16.8. The Bertz CT molecular complexity index is 1840. The van der Waals surface area contributed by atoms with Gasteiger partial charge in [0.1, 0.15) is 18.1 Å². The van der Waals surface area contributed by atoms with E-state index in [0.29, 0.717) is 42.7 Å². The molecule has 0 fully saturated rings. The maximum Gasteiger partial charge on any atom is 0.457 e. The highest BCUT2D eigenvalue weighted by atomic mass is 31.2. The minimum absolute atomic E-state index is 0.127. The van der Waals surface area contributed by atoms with Crippen molar-refractivity contribution in [1.29, 1.82) is 0 Å². The summed E-state index contributed by atoms with van der Waals surface area (Å²) in [5.41, 5.74) is 9.72.